The summed E-state index contributed by atoms with van der Waals surface area (Å²) in [7, 11) is 0. The minimum atomic E-state index is -0.0832. The molecular formula is C16H14ClN. The van der Waals surface area contributed by atoms with Crippen LogP contribution in [-0.2, 0) is 6.54 Å². The number of hydrogen-bond donors (Lipinski definition) is 0. The monoisotopic (exact) mass is 255 g/mol. The lowest BCUT2D eigenvalue weighted by Crippen LogP contribution is -2.31. The van der Waals surface area contributed by atoms with Crippen molar-refractivity contribution in [1.29, 1.82) is 0 Å². The first-order valence-corrected chi connectivity index (χ1v) is 6.50. The number of benzene rings is 2. The summed E-state index contributed by atoms with van der Waals surface area (Å²) in [5, 5.41) is 0. The Morgan fingerprint density at radius 2 is 1.67 bits per heavy atom. The Balaban J connectivity index is 1.94. The number of anilines is 1. The molecule has 0 fully saturated rings. The fourth-order valence-corrected chi connectivity index (χ4v) is 2.51. The van der Waals surface area contributed by atoms with E-state index in [1.807, 2.05) is 12.1 Å². The predicted octanol–water partition coefficient (Wildman–Crippen LogP) is 4.28. The van der Waals surface area contributed by atoms with Crippen molar-refractivity contribution in [2.45, 2.75) is 12.0 Å². The first kappa shape index (κ1) is 11.4. The third kappa shape index (κ3) is 2.14. The van der Waals surface area contributed by atoms with E-state index in [-0.39, 0.29) is 5.50 Å². The van der Waals surface area contributed by atoms with Crippen molar-refractivity contribution in [3.8, 4) is 0 Å². The van der Waals surface area contributed by atoms with Gasteiger partial charge in [-0.25, -0.2) is 0 Å². The van der Waals surface area contributed by atoms with Crippen molar-refractivity contribution in [2.24, 2.45) is 0 Å². The maximum atomic E-state index is 6.40. The van der Waals surface area contributed by atoms with Gasteiger partial charge in [-0.2, -0.15) is 0 Å². The van der Waals surface area contributed by atoms with Crippen LogP contribution in [0.15, 0.2) is 60.7 Å². The van der Waals surface area contributed by atoms with Crippen LogP contribution in [0, 0.1) is 0 Å². The van der Waals surface area contributed by atoms with Gasteiger partial charge < -0.3 is 4.90 Å². The van der Waals surface area contributed by atoms with E-state index in [4.69, 9.17) is 11.6 Å². The topological polar surface area (TPSA) is 3.24 Å². The Morgan fingerprint density at radius 1 is 0.944 bits per heavy atom. The molecule has 2 heteroatoms. The molecule has 0 bridgehead atoms. The molecule has 18 heavy (non-hydrogen) atoms. The Kier molecular flexibility index (Phi) is 3.07. The van der Waals surface area contributed by atoms with Crippen LogP contribution in [0.4, 0.5) is 5.69 Å². The lowest BCUT2D eigenvalue weighted by Gasteiger charge is -2.32. The smallest absolute Gasteiger partial charge is 0.123 e. The van der Waals surface area contributed by atoms with Crippen molar-refractivity contribution in [3.05, 3.63) is 71.8 Å². The normalized spacial score (nSPS) is 17.6. The van der Waals surface area contributed by atoms with Gasteiger partial charge in [-0.15, -0.1) is 0 Å². The molecule has 3 rings (SSSR count). The van der Waals surface area contributed by atoms with Gasteiger partial charge >= 0.3 is 0 Å². The van der Waals surface area contributed by atoms with Crippen LogP contribution in [0.1, 0.15) is 11.1 Å². The zero-order valence-corrected chi connectivity index (χ0v) is 10.7. The average molecular weight is 256 g/mol. The van der Waals surface area contributed by atoms with Crippen LogP contribution < -0.4 is 4.90 Å². The van der Waals surface area contributed by atoms with Crippen molar-refractivity contribution in [1.82, 2.24) is 0 Å². The molecule has 1 unspecified atom stereocenters. The standard InChI is InChI=1S/C16H14ClN/c17-16-11-10-14-8-4-5-9-15(14)18(16)12-13-6-2-1-3-7-13/h1-11,16H,12H2. The summed E-state index contributed by atoms with van der Waals surface area (Å²) in [6.45, 7) is 0.830. The molecule has 0 amide bonds. The highest BCUT2D eigenvalue weighted by Crippen LogP contribution is 2.31. The lowest BCUT2D eigenvalue weighted by atomic mass is 10.1. The van der Waals surface area contributed by atoms with Crippen LogP contribution >= 0.6 is 11.6 Å². The molecule has 0 radical (unpaired) electrons. The predicted molar refractivity (Wildman–Crippen MR) is 77.7 cm³/mol. The van der Waals surface area contributed by atoms with E-state index < -0.39 is 0 Å². The minimum absolute atomic E-state index is 0.0832. The molecule has 0 aromatic heterocycles. The van der Waals surface area contributed by atoms with E-state index in [0.717, 1.165) is 6.54 Å². The zero-order chi connectivity index (χ0) is 12.4. The molecular weight excluding hydrogens is 242 g/mol. The van der Waals surface area contributed by atoms with Gasteiger partial charge in [0.2, 0.25) is 0 Å². The van der Waals surface area contributed by atoms with E-state index in [1.165, 1.54) is 16.8 Å². The van der Waals surface area contributed by atoms with E-state index in [9.17, 15) is 0 Å². The van der Waals surface area contributed by atoms with Crippen molar-refractivity contribution >= 4 is 23.4 Å². The van der Waals surface area contributed by atoms with Gasteiger partial charge in [0, 0.05) is 12.2 Å². The third-order valence-electron chi connectivity index (χ3n) is 3.17. The minimum Gasteiger partial charge on any atom is -0.347 e. The van der Waals surface area contributed by atoms with E-state index in [2.05, 4.69) is 59.5 Å². The van der Waals surface area contributed by atoms with Crippen molar-refractivity contribution in [3.63, 3.8) is 0 Å². The Hall–Kier alpha value is -1.73. The van der Waals surface area contributed by atoms with Crippen LogP contribution in [0.2, 0.25) is 0 Å². The number of nitrogens with zero attached hydrogens (tertiary/aromatic N) is 1. The number of halogens is 1. The number of para-hydroxylation sites is 1. The number of alkyl halides is 1. The van der Waals surface area contributed by atoms with Crippen LogP contribution in [0.3, 0.4) is 0 Å². The van der Waals surface area contributed by atoms with Gasteiger partial charge in [0.15, 0.2) is 0 Å². The number of hydrogen-bond acceptors (Lipinski definition) is 1. The van der Waals surface area contributed by atoms with Gasteiger partial charge in [0.05, 0.1) is 0 Å². The highest BCUT2D eigenvalue weighted by Gasteiger charge is 2.19. The van der Waals surface area contributed by atoms with Gasteiger partial charge in [0.1, 0.15) is 5.50 Å². The molecule has 2 aromatic rings. The van der Waals surface area contributed by atoms with Crippen molar-refractivity contribution < 1.29 is 0 Å². The molecule has 0 spiro atoms. The summed E-state index contributed by atoms with van der Waals surface area (Å²) in [6, 6.07) is 18.8. The molecule has 0 aliphatic carbocycles. The summed E-state index contributed by atoms with van der Waals surface area (Å²) in [4.78, 5) is 2.21. The first-order valence-electron chi connectivity index (χ1n) is 6.06. The van der Waals surface area contributed by atoms with Crippen LogP contribution in [-0.4, -0.2) is 5.50 Å². The van der Waals surface area contributed by atoms with Gasteiger partial charge in [0.25, 0.3) is 0 Å². The summed E-state index contributed by atoms with van der Waals surface area (Å²) in [5.41, 5.74) is 3.61. The number of rotatable bonds is 2. The summed E-state index contributed by atoms with van der Waals surface area (Å²) < 4.78 is 0. The molecule has 0 saturated carbocycles. The van der Waals surface area contributed by atoms with E-state index in [1.54, 1.807) is 0 Å². The lowest BCUT2D eigenvalue weighted by molar-refractivity contribution is 0.820. The molecule has 1 aliphatic heterocycles. The maximum absolute atomic E-state index is 6.40. The quantitative estimate of drug-likeness (QED) is 0.572. The molecule has 1 atom stereocenters. The van der Waals surface area contributed by atoms with Crippen LogP contribution in [0.25, 0.3) is 6.08 Å². The highest BCUT2D eigenvalue weighted by molar-refractivity contribution is 6.23. The molecule has 90 valence electrons. The fraction of sp³-hybridized carbons (Fsp3) is 0.125. The van der Waals surface area contributed by atoms with Crippen molar-refractivity contribution in [2.75, 3.05) is 4.90 Å². The largest absolute Gasteiger partial charge is 0.347 e. The zero-order valence-electron chi connectivity index (χ0n) is 9.96. The summed E-state index contributed by atoms with van der Waals surface area (Å²) in [6.07, 6.45) is 4.13. The fourth-order valence-electron chi connectivity index (χ4n) is 2.26. The first-order chi connectivity index (χ1) is 8.84. The second-order valence-corrected chi connectivity index (χ2v) is 4.85. The molecule has 1 nitrogen and oxygen atoms in total. The Bertz CT molecular complexity index is 562. The average Bonchev–Trinajstić information content (AvgIpc) is 2.43. The summed E-state index contributed by atoms with van der Waals surface area (Å²) in [5.74, 6) is 0. The Morgan fingerprint density at radius 3 is 2.50 bits per heavy atom. The second kappa shape index (κ2) is 4.87. The molecule has 0 N–H and O–H groups in total. The molecule has 1 aliphatic rings. The SMILES string of the molecule is ClC1C=Cc2ccccc2N1Cc1ccccc1. The second-order valence-electron chi connectivity index (χ2n) is 4.40. The van der Waals surface area contributed by atoms with Gasteiger partial charge in [-0.05, 0) is 23.3 Å². The molecule has 0 saturated heterocycles. The Labute approximate surface area is 112 Å². The molecule has 2 aromatic carbocycles. The van der Waals surface area contributed by atoms with E-state index in [0.29, 0.717) is 0 Å². The summed E-state index contributed by atoms with van der Waals surface area (Å²) >= 11 is 6.40. The maximum Gasteiger partial charge on any atom is 0.123 e. The number of fused-ring (bicyclic) bond motifs is 1. The van der Waals surface area contributed by atoms with E-state index >= 15 is 0 Å². The third-order valence-corrected chi connectivity index (χ3v) is 3.56. The van der Waals surface area contributed by atoms with Gasteiger partial charge in [-0.1, -0.05) is 66.2 Å². The van der Waals surface area contributed by atoms with Gasteiger partial charge in [-0.3, -0.25) is 0 Å². The van der Waals surface area contributed by atoms with Crippen LogP contribution in [0.5, 0.6) is 0 Å². The molecule has 1 heterocycles. The highest BCUT2D eigenvalue weighted by atomic mass is 35.5.